The molecule has 0 N–H and O–H groups in total. The molecule has 0 aliphatic rings. The highest BCUT2D eigenvalue weighted by atomic mass is 16.1. The maximum atomic E-state index is 12.1. The van der Waals surface area contributed by atoms with Gasteiger partial charge in [0.2, 0.25) is 5.65 Å². The molecule has 2 aromatic rings. The molecule has 0 bridgehead atoms. The van der Waals surface area contributed by atoms with Crippen molar-refractivity contribution in [3.63, 3.8) is 0 Å². The molecule has 0 radical (unpaired) electrons. The summed E-state index contributed by atoms with van der Waals surface area (Å²) in [4.78, 5) is 16.2. The first-order valence-corrected chi connectivity index (χ1v) is 4.69. The fraction of sp³-hybridized carbons (Fsp3) is 0.556. The Balaban J connectivity index is 2.87. The molecule has 0 aliphatic heterocycles. The monoisotopic (exact) mass is 207 g/mol. The van der Waals surface area contributed by atoms with E-state index in [1.165, 1.54) is 11.0 Å². The molecule has 0 fully saturated rings. The zero-order chi connectivity index (χ0) is 11.2. The molecule has 2 aromatic heterocycles. The lowest BCUT2D eigenvalue weighted by molar-refractivity contribution is 0.381. The van der Waals surface area contributed by atoms with E-state index in [2.05, 4.69) is 15.3 Å². The van der Waals surface area contributed by atoms with Gasteiger partial charge in [-0.3, -0.25) is 9.36 Å². The van der Waals surface area contributed by atoms with E-state index in [9.17, 15) is 4.79 Å². The summed E-state index contributed by atoms with van der Waals surface area (Å²) in [6.07, 6.45) is 1.51. The van der Waals surface area contributed by atoms with E-state index in [1.54, 1.807) is 11.6 Å². The number of fused-ring (bicyclic) bond motifs is 1. The van der Waals surface area contributed by atoms with Crippen LogP contribution < -0.4 is 5.56 Å². The molecule has 2 heterocycles. The van der Waals surface area contributed by atoms with Crippen LogP contribution in [0.1, 0.15) is 20.8 Å². The van der Waals surface area contributed by atoms with Crippen LogP contribution in [0.4, 0.5) is 0 Å². The number of rotatable bonds is 0. The summed E-state index contributed by atoms with van der Waals surface area (Å²) in [6.45, 7) is 5.85. The summed E-state index contributed by atoms with van der Waals surface area (Å²) in [5.74, 6) is 0. The molecular formula is C9H13N5O. The van der Waals surface area contributed by atoms with Gasteiger partial charge in [-0.2, -0.15) is 0 Å². The number of aryl methyl sites for hydroxylation is 1. The maximum absolute atomic E-state index is 12.1. The van der Waals surface area contributed by atoms with Crippen molar-refractivity contribution in [2.45, 2.75) is 26.3 Å². The highest BCUT2D eigenvalue weighted by molar-refractivity contribution is 5.67. The van der Waals surface area contributed by atoms with Crippen LogP contribution in [0.25, 0.3) is 11.2 Å². The quantitative estimate of drug-likeness (QED) is 0.622. The van der Waals surface area contributed by atoms with Crippen LogP contribution in [0, 0.1) is 0 Å². The SMILES string of the molecule is Cn1nnc2ncn(C(C)(C)C)c(=O)c21. The Labute approximate surface area is 86.5 Å². The minimum Gasteiger partial charge on any atom is -0.292 e. The van der Waals surface area contributed by atoms with Gasteiger partial charge < -0.3 is 0 Å². The molecule has 15 heavy (non-hydrogen) atoms. The molecule has 0 saturated carbocycles. The smallest absolute Gasteiger partial charge is 0.281 e. The van der Waals surface area contributed by atoms with Gasteiger partial charge in [0.05, 0.1) is 0 Å². The minimum absolute atomic E-state index is 0.111. The molecule has 2 rings (SSSR count). The van der Waals surface area contributed by atoms with E-state index < -0.39 is 0 Å². The van der Waals surface area contributed by atoms with Crippen molar-refractivity contribution in [1.29, 1.82) is 0 Å². The Kier molecular flexibility index (Phi) is 1.89. The van der Waals surface area contributed by atoms with Gasteiger partial charge >= 0.3 is 0 Å². The second-order valence-corrected chi connectivity index (χ2v) is 4.48. The lowest BCUT2D eigenvalue weighted by Gasteiger charge is -2.21. The molecule has 0 saturated heterocycles. The summed E-state index contributed by atoms with van der Waals surface area (Å²) >= 11 is 0. The zero-order valence-corrected chi connectivity index (χ0v) is 9.22. The molecule has 0 amide bonds. The van der Waals surface area contributed by atoms with E-state index in [4.69, 9.17) is 0 Å². The van der Waals surface area contributed by atoms with Crippen molar-refractivity contribution in [1.82, 2.24) is 24.5 Å². The predicted molar refractivity (Wildman–Crippen MR) is 55.6 cm³/mol. The summed E-state index contributed by atoms with van der Waals surface area (Å²) in [7, 11) is 1.69. The van der Waals surface area contributed by atoms with Crippen molar-refractivity contribution in [3.05, 3.63) is 16.7 Å². The van der Waals surface area contributed by atoms with Gasteiger partial charge in [0, 0.05) is 12.6 Å². The fourth-order valence-electron chi connectivity index (χ4n) is 1.42. The Bertz CT molecular complexity index is 560. The van der Waals surface area contributed by atoms with Gasteiger partial charge in [-0.15, -0.1) is 5.10 Å². The molecule has 0 spiro atoms. The van der Waals surface area contributed by atoms with Crippen molar-refractivity contribution in [2.75, 3.05) is 0 Å². The maximum Gasteiger partial charge on any atom is 0.281 e. The van der Waals surface area contributed by atoms with Gasteiger partial charge in [-0.05, 0) is 20.8 Å². The first kappa shape index (κ1) is 9.82. The molecule has 6 heteroatoms. The number of nitrogens with zero attached hydrogens (tertiary/aromatic N) is 5. The van der Waals surface area contributed by atoms with E-state index in [0.29, 0.717) is 11.2 Å². The summed E-state index contributed by atoms with van der Waals surface area (Å²) in [5, 5.41) is 7.56. The first-order valence-electron chi connectivity index (χ1n) is 4.69. The summed E-state index contributed by atoms with van der Waals surface area (Å²) in [5.41, 5.74) is 0.429. The van der Waals surface area contributed by atoms with Crippen LogP contribution in [0.2, 0.25) is 0 Å². The Hall–Kier alpha value is -1.72. The normalized spacial score (nSPS) is 12.3. The third-order valence-electron chi connectivity index (χ3n) is 2.25. The van der Waals surface area contributed by atoms with Gasteiger partial charge in [0.15, 0.2) is 5.52 Å². The second kappa shape index (κ2) is 2.88. The van der Waals surface area contributed by atoms with Crippen molar-refractivity contribution < 1.29 is 0 Å². The topological polar surface area (TPSA) is 65.6 Å². The van der Waals surface area contributed by atoms with Crippen LogP contribution in [0.15, 0.2) is 11.1 Å². The van der Waals surface area contributed by atoms with Crippen LogP contribution in [-0.2, 0) is 12.6 Å². The molecule has 6 nitrogen and oxygen atoms in total. The molecule has 0 unspecified atom stereocenters. The van der Waals surface area contributed by atoms with Crippen molar-refractivity contribution in [3.8, 4) is 0 Å². The van der Waals surface area contributed by atoms with Gasteiger partial charge in [-0.1, -0.05) is 5.21 Å². The largest absolute Gasteiger partial charge is 0.292 e. The standard InChI is InChI=1S/C9H13N5O/c1-9(2,3)14-5-10-7-6(8(14)15)13(4)12-11-7/h5H,1-4H3. The average molecular weight is 207 g/mol. The van der Waals surface area contributed by atoms with E-state index in [0.717, 1.165) is 0 Å². The number of aromatic nitrogens is 5. The third-order valence-corrected chi connectivity index (χ3v) is 2.25. The van der Waals surface area contributed by atoms with Gasteiger partial charge in [0.1, 0.15) is 6.33 Å². The van der Waals surface area contributed by atoms with Gasteiger partial charge in [-0.25, -0.2) is 9.67 Å². The minimum atomic E-state index is -0.289. The van der Waals surface area contributed by atoms with Crippen LogP contribution in [-0.4, -0.2) is 24.5 Å². The Morgan fingerprint density at radius 1 is 1.33 bits per heavy atom. The Morgan fingerprint density at radius 2 is 2.00 bits per heavy atom. The highest BCUT2D eigenvalue weighted by Crippen LogP contribution is 2.11. The van der Waals surface area contributed by atoms with Crippen LogP contribution >= 0.6 is 0 Å². The Morgan fingerprint density at radius 3 is 2.60 bits per heavy atom. The first-order chi connectivity index (χ1) is 6.91. The van der Waals surface area contributed by atoms with Gasteiger partial charge in [0.25, 0.3) is 5.56 Å². The molecule has 0 aromatic carbocycles. The van der Waals surface area contributed by atoms with E-state index in [1.807, 2.05) is 20.8 Å². The van der Waals surface area contributed by atoms with E-state index in [-0.39, 0.29) is 11.1 Å². The summed E-state index contributed by atoms with van der Waals surface area (Å²) in [6, 6.07) is 0. The third kappa shape index (κ3) is 1.42. The lowest BCUT2D eigenvalue weighted by atomic mass is 10.1. The number of hydrogen-bond donors (Lipinski definition) is 0. The van der Waals surface area contributed by atoms with E-state index >= 15 is 0 Å². The molecule has 80 valence electrons. The number of hydrogen-bond acceptors (Lipinski definition) is 4. The summed E-state index contributed by atoms with van der Waals surface area (Å²) < 4.78 is 3.03. The predicted octanol–water partition coefficient (Wildman–Crippen LogP) is 0.280. The van der Waals surface area contributed by atoms with Crippen molar-refractivity contribution in [2.24, 2.45) is 7.05 Å². The van der Waals surface area contributed by atoms with Crippen LogP contribution in [0.5, 0.6) is 0 Å². The second-order valence-electron chi connectivity index (χ2n) is 4.48. The van der Waals surface area contributed by atoms with Crippen LogP contribution in [0.3, 0.4) is 0 Å². The average Bonchev–Trinajstić information content (AvgIpc) is 2.46. The zero-order valence-electron chi connectivity index (χ0n) is 9.22. The molecule has 0 atom stereocenters. The molecule has 0 aliphatic carbocycles. The fourth-order valence-corrected chi connectivity index (χ4v) is 1.42. The lowest BCUT2D eigenvalue weighted by Crippen LogP contribution is -2.34. The molecular weight excluding hydrogens is 194 g/mol. The van der Waals surface area contributed by atoms with Crippen molar-refractivity contribution >= 4 is 11.2 Å². The highest BCUT2D eigenvalue weighted by Gasteiger charge is 2.18.